The molecule has 0 aliphatic heterocycles. The third kappa shape index (κ3) is 5.29. The highest BCUT2D eigenvalue weighted by Crippen LogP contribution is 2.16. The van der Waals surface area contributed by atoms with Crippen LogP contribution in [-0.2, 0) is 14.8 Å². The zero-order chi connectivity index (χ0) is 18.6. The minimum Gasteiger partial charge on any atom is -0.348 e. The van der Waals surface area contributed by atoms with Gasteiger partial charge in [0, 0.05) is 5.02 Å². The van der Waals surface area contributed by atoms with Gasteiger partial charge in [-0.25, -0.2) is 8.42 Å². The molecule has 0 bridgehead atoms. The predicted molar refractivity (Wildman–Crippen MR) is 99.0 cm³/mol. The molecule has 25 heavy (non-hydrogen) atoms. The Morgan fingerprint density at radius 2 is 1.56 bits per heavy atom. The highest BCUT2D eigenvalue weighted by Gasteiger charge is 2.23. The van der Waals surface area contributed by atoms with Gasteiger partial charge in [0.25, 0.3) is 0 Å². The van der Waals surface area contributed by atoms with E-state index in [0.29, 0.717) is 5.02 Å². The molecular formula is C18H21ClN2O3S. The quantitative estimate of drug-likeness (QED) is 0.808. The van der Waals surface area contributed by atoms with E-state index in [1.165, 1.54) is 19.1 Å². The van der Waals surface area contributed by atoms with E-state index in [0.717, 1.165) is 11.1 Å². The normalized spacial score (nSPS) is 13.9. The summed E-state index contributed by atoms with van der Waals surface area (Å²) in [4.78, 5) is 12.4. The van der Waals surface area contributed by atoms with Crippen molar-refractivity contribution in [2.75, 3.05) is 0 Å². The third-order valence-corrected chi connectivity index (χ3v) is 5.59. The van der Waals surface area contributed by atoms with E-state index in [2.05, 4.69) is 10.0 Å². The summed E-state index contributed by atoms with van der Waals surface area (Å²) in [6.07, 6.45) is 0. The van der Waals surface area contributed by atoms with Gasteiger partial charge in [0.15, 0.2) is 0 Å². The van der Waals surface area contributed by atoms with Crippen LogP contribution in [0.15, 0.2) is 53.4 Å². The van der Waals surface area contributed by atoms with E-state index in [9.17, 15) is 13.2 Å². The number of carbonyl (C=O) groups excluding carboxylic acids is 1. The molecule has 2 atom stereocenters. The van der Waals surface area contributed by atoms with Crippen LogP contribution in [0.5, 0.6) is 0 Å². The molecule has 0 saturated heterocycles. The van der Waals surface area contributed by atoms with Gasteiger partial charge in [-0.1, -0.05) is 41.4 Å². The van der Waals surface area contributed by atoms with Gasteiger partial charge in [-0.05, 0) is 50.6 Å². The molecule has 0 aliphatic carbocycles. The molecule has 0 heterocycles. The summed E-state index contributed by atoms with van der Waals surface area (Å²) in [6.45, 7) is 5.20. The van der Waals surface area contributed by atoms with Gasteiger partial charge in [-0.15, -0.1) is 0 Å². The van der Waals surface area contributed by atoms with Crippen molar-refractivity contribution < 1.29 is 13.2 Å². The summed E-state index contributed by atoms with van der Waals surface area (Å²) in [5.41, 5.74) is 1.84. The lowest BCUT2D eigenvalue weighted by molar-refractivity contribution is -0.123. The maximum absolute atomic E-state index is 12.3. The Morgan fingerprint density at radius 1 is 1.00 bits per heavy atom. The number of carbonyl (C=O) groups is 1. The molecule has 2 rings (SSSR count). The summed E-state index contributed by atoms with van der Waals surface area (Å²) in [5, 5.41) is 3.40. The van der Waals surface area contributed by atoms with E-state index in [4.69, 9.17) is 11.6 Å². The summed E-state index contributed by atoms with van der Waals surface area (Å²) >= 11 is 5.85. The van der Waals surface area contributed by atoms with Crippen molar-refractivity contribution in [2.45, 2.75) is 37.8 Å². The van der Waals surface area contributed by atoms with Crippen molar-refractivity contribution >= 4 is 27.5 Å². The van der Waals surface area contributed by atoms with Gasteiger partial charge < -0.3 is 5.32 Å². The third-order valence-electron chi connectivity index (χ3n) is 3.79. The van der Waals surface area contributed by atoms with E-state index in [1.54, 1.807) is 24.3 Å². The first kappa shape index (κ1) is 19.4. The number of rotatable bonds is 6. The lowest BCUT2D eigenvalue weighted by Gasteiger charge is -2.19. The molecule has 5 nitrogen and oxygen atoms in total. The number of aryl methyl sites for hydroxylation is 1. The van der Waals surface area contributed by atoms with Crippen molar-refractivity contribution in [3.05, 3.63) is 64.7 Å². The zero-order valence-corrected chi connectivity index (χ0v) is 15.9. The average molecular weight is 381 g/mol. The van der Waals surface area contributed by atoms with Crippen molar-refractivity contribution in [3.8, 4) is 0 Å². The van der Waals surface area contributed by atoms with E-state index in [-0.39, 0.29) is 10.9 Å². The van der Waals surface area contributed by atoms with Crippen molar-refractivity contribution in [1.82, 2.24) is 10.0 Å². The van der Waals surface area contributed by atoms with Gasteiger partial charge >= 0.3 is 0 Å². The topological polar surface area (TPSA) is 75.3 Å². The highest BCUT2D eigenvalue weighted by atomic mass is 35.5. The number of sulfonamides is 1. The lowest BCUT2D eigenvalue weighted by Crippen LogP contribution is -2.45. The Balaban J connectivity index is 2.01. The Bertz CT molecular complexity index is 834. The molecule has 0 spiro atoms. The van der Waals surface area contributed by atoms with Crippen LogP contribution in [0.4, 0.5) is 0 Å². The van der Waals surface area contributed by atoms with Crippen molar-refractivity contribution in [2.24, 2.45) is 0 Å². The van der Waals surface area contributed by atoms with Crippen molar-refractivity contribution in [3.63, 3.8) is 0 Å². The number of hydrogen-bond donors (Lipinski definition) is 2. The van der Waals surface area contributed by atoms with Crippen LogP contribution in [-0.4, -0.2) is 20.4 Å². The Kier molecular flexibility index (Phi) is 6.21. The first-order chi connectivity index (χ1) is 11.7. The second-order valence-electron chi connectivity index (χ2n) is 5.94. The number of benzene rings is 2. The summed E-state index contributed by atoms with van der Waals surface area (Å²) in [6, 6.07) is 12.4. The monoisotopic (exact) mass is 380 g/mol. The molecule has 1 amide bonds. The summed E-state index contributed by atoms with van der Waals surface area (Å²) in [7, 11) is -3.76. The standard InChI is InChI=1S/C18H21ClN2O3S/c1-12-4-10-17(11-5-12)25(23,24)21-14(3)18(22)20-13(2)15-6-8-16(19)9-7-15/h4-11,13-14,21H,1-3H3,(H,20,22)/t13-,14-/m0/s1. The largest absolute Gasteiger partial charge is 0.348 e. The molecule has 2 aromatic rings. The molecule has 0 radical (unpaired) electrons. The maximum Gasteiger partial charge on any atom is 0.241 e. The van der Waals surface area contributed by atoms with Crippen LogP contribution >= 0.6 is 11.6 Å². The van der Waals surface area contributed by atoms with Crippen molar-refractivity contribution in [1.29, 1.82) is 0 Å². The molecule has 0 aromatic heterocycles. The molecule has 2 aromatic carbocycles. The second kappa shape index (κ2) is 7.99. The SMILES string of the molecule is Cc1ccc(S(=O)(=O)N[C@@H](C)C(=O)N[C@@H](C)c2ccc(Cl)cc2)cc1. The number of halogens is 1. The van der Waals surface area contributed by atoms with Crippen LogP contribution in [0.2, 0.25) is 5.02 Å². The van der Waals surface area contributed by atoms with E-state index >= 15 is 0 Å². The fourth-order valence-electron chi connectivity index (χ4n) is 2.24. The minimum atomic E-state index is -3.76. The van der Waals surface area contributed by atoms with Crippen LogP contribution in [0.3, 0.4) is 0 Å². The van der Waals surface area contributed by atoms with Crippen LogP contribution in [0, 0.1) is 6.92 Å². The minimum absolute atomic E-state index is 0.128. The first-order valence-corrected chi connectivity index (χ1v) is 9.70. The number of hydrogen-bond acceptors (Lipinski definition) is 3. The predicted octanol–water partition coefficient (Wildman–Crippen LogP) is 3.19. The van der Waals surface area contributed by atoms with Gasteiger partial charge in [0.05, 0.1) is 17.0 Å². The van der Waals surface area contributed by atoms with Gasteiger partial charge in [-0.3, -0.25) is 4.79 Å². The smallest absolute Gasteiger partial charge is 0.241 e. The van der Waals surface area contributed by atoms with Gasteiger partial charge in [-0.2, -0.15) is 4.72 Å². The molecule has 0 unspecified atom stereocenters. The number of amides is 1. The molecule has 0 fully saturated rings. The summed E-state index contributed by atoms with van der Waals surface area (Å²) in [5.74, 6) is -0.405. The highest BCUT2D eigenvalue weighted by molar-refractivity contribution is 7.89. The zero-order valence-electron chi connectivity index (χ0n) is 14.3. The molecular weight excluding hydrogens is 360 g/mol. The van der Waals surface area contributed by atoms with Crippen LogP contribution < -0.4 is 10.0 Å². The molecule has 7 heteroatoms. The lowest BCUT2D eigenvalue weighted by atomic mass is 10.1. The van der Waals surface area contributed by atoms with Crippen LogP contribution in [0.25, 0.3) is 0 Å². The molecule has 2 N–H and O–H groups in total. The fourth-order valence-corrected chi connectivity index (χ4v) is 3.57. The van der Waals surface area contributed by atoms with E-state index in [1.807, 2.05) is 26.0 Å². The van der Waals surface area contributed by atoms with E-state index < -0.39 is 22.0 Å². The van der Waals surface area contributed by atoms with Gasteiger partial charge in [0.2, 0.25) is 15.9 Å². The Labute approximate surface area is 153 Å². The first-order valence-electron chi connectivity index (χ1n) is 7.84. The molecule has 0 saturated carbocycles. The van der Waals surface area contributed by atoms with Crippen LogP contribution in [0.1, 0.15) is 31.0 Å². The summed E-state index contributed by atoms with van der Waals surface area (Å²) < 4.78 is 27.1. The number of nitrogens with one attached hydrogen (secondary N) is 2. The Morgan fingerprint density at radius 3 is 2.12 bits per heavy atom. The average Bonchev–Trinajstić information content (AvgIpc) is 2.55. The van der Waals surface area contributed by atoms with Gasteiger partial charge in [0.1, 0.15) is 0 Å². The second-order valence-corrected chi connectivity index (χ2v) is 8.09. The Hall–Kier alpha value is -1.89. The maximum atomic E-state index is 12.3. The molecule has 0 aliphatic rings. The molecule has 134 valence electrons. The fraction of sp³-hybridized carbons (Fsp3) is 0.278.